The minimum absolute atomic E-state index is 0.174. The number of ether oxygens (including phenoxy) is 1. The Kier molecular flexibility index (Phi) is 3.79. The Balaban J connectivity index is 2.83. The molecule has 2 amide bonds. The maximum Gasteiger partial charge on any atom is 0.329 e. The van der Waals surface area contributed by atoms with E-state index < -0.39 is 23.8 Å². The molecule has 6 heteroatoms. The van der Waals surface area contributed by atoms with E-state index in [1.165, 1.54) is 7.11 Å². The summed E-state index contributed by atoms with van der Waals surface area (Å²) in [7, 11) is 1.33. The zero-order valence-corrected chi connectivity index (χ0v) is 8.43. The fraction of sp³-hybridized carbons (Fsp3) is 0.667. The van der Waals surface area contributed by atoms with Crippen LogP contribution in [-0.4, -0.2) is 47.5 Å². The monoisotopic (exact) mass is 215 g/mol. The number of piperidine rings is 1. The lowest BCUT2D eigenvalue weighted by Crippen LogP contribution is -2.52. The highest BCUT2D eigenvalue weighted by atomic mass is 16.5. The molecule has 15 heavy (non-hydrogen) atoms. The molecule has 0 radical (unpaired) electrons. The highest BCUT2D eigenvalue weighted by Crippen LogP contribution is 2.15. The van der Waals surface area contributed by atoms with Gasteiger partial charge in [-0.15, -0.1) is 0 Å². The van der Waals surface area contributed by atoms with Gasteiger partial charge in [-0.1, -0.05) is 0 Å². The number of imide groups is 1. The minimum atomic E-state index is -1.22. The van der Waals surface area contributed by atoms with Crippen LogP contribution in [0.4, 0.5) is 0 Å². The van der Waals surface area contributed by atoms with Crippen molar-refractivity contribution < 1.29 is 24.2 Å². The van der Waals surface area contributed by atoms with Crippen LogP contribution >= 0.6 is 0 Å². The van der Waals surface area contributed by atoms with Crippen molar-refractivity contribution >= 4 is 17.8 Å². The van der Waals surface area contributed by atoms with Crippen molar-refractivity contribution in [3.05, 3.63) is 0 Å². The van der Waals surface area contributed by atoms with E-state index in [1.807, 2.05) is 0 Å². The van der Waals surface area contributed by atoms with Crippen molar-refractivity contribution in [1.82, 2.24) is 4.90 Å². The molecular formula is C9H13NO5. The van der Waals surface area contributed by atoms with Crippen LogP contribution in [0.5, 0.6) is 0 Å². The number of hydrogen-bond donors (Lipinski definition) is 1. The molecule has 0 saturated carbocycles. The van der Waals surface area contributed by atoms with Gasteiger partial charge in [0.2, 0.25) is 11.8 Å². The van der Waals surface area contributed by atoms with Gasteiger partial charge in [-0.3, -0.25) is 14.5 Å². The average molecular weight is 215 g/mol. The number of rotatable bonds is 4. The molecule has 0 aromatic carbocycles. The lowest BCUT2D eigenvalue weighted by Gasteiger charge is -2.29. The van der Waals surface area contributed by atoms with Crippen LogP contribution in [-0.2, 0) is 19.1 Å². The molecule has 0 bridgehead atoms. The summed E-state index contributed by atoms with van der Waals surface area (Å²) in [6, 6.07) is -1.20. The second kappa shape index (κ2) is 4.88. The predicted octanol–water partition coefficient (Wildman–Crippen LogP) is -0.375. The molecule has 0 aromatic rings. The van der Waals surface area contributed by atoms with E-state index in [0.29, 0.717) is 6.42 Å². The first-order valence-corrected chi connectivity index (χ1v) is 4.64. The minimum Gasteiger partial charge on any atom is -0.480 e. The molecule has 1 fully saturated rings. The predicted molar refractivity (Wildman–Crippen MR) is 49.0 cm³/mol. The molecule has 1 saturated heterocycles. The third-order valence-electron chi connectivity index (χ3n) is 2.24. The standard InChI is InChI=1S/C9H13NO5/c1-15-5-6(9(13)14)10-7(11)3-2-4-8(10)12/h6H,2-5H2,1H3,(H,13,14). The quantitative estimate of drug-likeness (QED) is 0.646. The summed E-state index contributed by atoms with van der Waals surface area (Å²) in [5, 5.41) is 8.87. The number of nitrogens with zero attached hydrogens (tertiary/aromatic N) is 1. The number of likely N-dealkylation sites (tertiary alicyclic amines) is 1. The Morgan fingerprint density at radius 1 is 1.47 bits per heavy atom. The zero-order chi connectivity index (χ0) is 11.4. The molecule has 1 rings (SSSR count). The highest BCUT2D eigenvalue weighted by molar-refractivity contribution is 6.01. The fourth-order valence-electron chi connectivity index (χ4n) is 1.53. The van der Waals surface area contributed by atoms with Crippen LogP contribution in [0.15, 0.2) is 0 Å². The molecule has 0 aromatic heterocycles. The van der Waals surface area contributed by atoms with Gasteiger partial charge >= 0.3 is 5.97 Å². The number of carboxylic acid groups (broad SMARTS) is 1. The maximum atomic E-state index is 11.4. The van der Waals surface area contributed by atoms with Gasteiger partial charge in [-0.25, -0.2) is 4.79 Å². The topological polar surface area (TPSA) is 83.9 Å². The lowest BCUT2D eigenvalue weighted by molar-refractivity contribution is -0.162. The SMILES string of the molecule is COCC(C(=O)O)N1C(=O)CCCC1=O. The van der Waals surface area contributed by atoms with Crippen LogP contribution in [0.25, 0.3) is 0 Å². The molecule has 1 aliphatic heterocycles. The largest absolute Gasteiger partial charge is 0.480 e. The fourth-order valence-corrected chi connectivity index (χ4v) is 1.53. The van der Waals surface area contributed by atoms with Crippen molar-refractivity contribution in [2.75, 3.05) is 13.7 Å². The lowest BCUT2D eigenvalue weighted by atomic mass is 10.1. The third kappa shape index (κ3) is 2.53. The van der Waals surface area contributed by atoms with Crippen LogP contribution in [0.2, 0.25) is 0 Å². The summed E-state index contributed by atoms with van der Waals surface area (Å²) < 4.78 is 4.69. The van der Waals surface area contributed by atoms with Gasteiger partial charge < -0.3 is 9.84 Å². The van der Waals surface area contributed by atoms with E-state index in [0.717, 1.165) is 4.90 Å². The third-order valence-corrected chi connectivity index (χ3v) is 2.24. The Bertz CT molecular complexity index is 272. The summed E-state index contributed by atoms with van der Waals surface area (Å²) in [4.78, 5) is 34.5. The van der Waals surface area contributed by atoms with Crippen molar-refractivity contribution in [2.24, 2.45) is 0 Å². The van der Waals surface area contributed by atoms with Crippen molar-refractivity contribution in [3.63, 3.8) is 0 Å². The van der Waals surface area contributed by atoms with Gasteiger partial charge in [0.15, 0.2) is 6.04 Å². The number of aliphatic carboxylic acids is 1. The van der Waals surface area contributed by atoms with Gasteiger partial charge in [0.1, 0.15) is 0 Å². The van der Waals surface area contributed by atoms with E-state index in [4.69, 9.17) is 5.11 Å². The van der Waals surface area contributed by atoms with Crippen molar-refractivity contribution in [3.8, 4) is 0 Å². The molecule has 0 spiro atoms. The van der Waals surface area contributed by atoms with Crippen molar-refractivity contribution in [2.45, 2.75) is 25.3 Å². The Labute approximate surface area is 86.8 Å². The maximum absolute atomic E-state index is 11.4. The second-order valence-electron chi connectivity index (χ2n) is 3.32. The molecule has 84 valence electrons. The molecule has 1 N–H and O–H groups in total. The van der Waals surface area contributed by atoms with E-state index in [1.54, 1.807) is 0 Å². The Morgan fingerprint density at radius 3 is 2.40 bits per heavy atom. The highest BCUT2D eigenvalue weighted by Gasteiger charge is 2.36. The smallest absolute Gasteiger partial charge is 0.329 e. The summed E-state index contributed by atoms with van der Waals surface area (Å²) in [6.07, 6.45) is 0.936. The molecule has 1 atom stereocenters. The van der Waals surface area contributed by atoms with Crippen molar-refractivity contribution in [1.29, 1.82) is 0 Å². The van der Waals surface area contributed by atoms with E-state index >= 15 is 0 Å². The molecule has 1 unspecified atom stereocenters. The van der Waals surface area contributed by atoms with E-state index in [-0.39, 0.29) is 19.4 Å². The summed E-state index contributed by atoms with van der Waals surface area (Å²) in [5.74, 6) is -2.09. The van der Waals surface area contributed by atoms with Gasteiger partial charge in [0.05, 0.1) is 6.61 Å². The summed E-state index contributed by atoms with van der Waals surface area (Å²) in [6.45, 7) is -0.174. The van der Waals surface area contributed by atoms with Gasteiger partial charge in [-0.2, -0.15) is 0 Å². The van der Waals surface area contributed by atoms with Crippen LogP contribution in [0.1, 0.15) is 19.3 Å². The first kappa shape index (κ1) is 11.6. The van der Waals surface area contributed by atoms with Crippen LogP contribution < -0.4 is 0 Å². The van der Waals surface area contributed by atoms with E-state index in [2.05, 4.69) is 4.74 Å². The number of carbonyl (C=O) groups excluding carboxylic acids is 2. The number of carboxylic acids is 1. The van der Waals surface area contributed by atoms with Crippen LogP contribution in [0, 0.1) is 0 Å². The molecule has 1 aliphatic rings. The molecule has 1 heterocycles. The van der Waals surface area contributed by atoms with E-state index in [9.17, 15) is 14.4 Å². The molecule has 6 nitrogen and oxygen atoms in total. The summed E-state index contributed by atoms with van der Waals surface area (Å²) >= 11 is 0. The molecule has 0 aliphatic carbocycles. The Morgan fingerprint density at radius 2 is 2.00 bits per heavy atom. The first-order chi connectivity index (χ1) is 7.07. The average Bonchev–Trinajstić information content (AvgIpc) is 2.15. The van der Waals surface area contributed by atoms with Crippen LogP contribution in [0.3, 0.4) is 0 Å². The first-order valence-electron chi connectivity index (χ1n) is 4.64. The van der Waals surface area contributed by atoms with Gasteiger partial charge in [0.25, 0.3) is 0 Å². The zero-order valence-electron chi connectivity index (χ0n) is 8.43. The van der Waals surface area contributed by atoms with Gasteiger partial charge in [0, 0.05) is 20.0 Å². The summed E-state index contributed by atoms with van der Waals surface area (Å²) in [5.41, 5.74) is 0. The van der Waals surface area contributed by atoms with Gasteiger partial charge in [-0.05, 0) is 6.42 Å². The number of methoxy groups -OCH3 is 1. The normalized spacial score (nSPS) is 19.1. The number of hydrogen-bond acceptors (Lipinski definition) is 4. The second-order valence-corrected chi connectivity index (χ2v) is 3.32. The number of amides is 2. The number of carbonyl (C=O) groups is 3. The Hall–Kier alpha value is -1.43. The molecular weight excluding hydrogens is 202 g/mol.